The Morgan fingerprint density at radius 3 is 2.31 bits per heavy atom. The van der Waals surface area contributed by atoms with Crippen LogP contribution >= 0.6 is 0 Å². The normalized spacial score (nSPS) is 11.4. The summed E-state index contributed by atoms with van der Waals surface area (Å²) in [6.07, 6.45) is 0. The molecule has 0 aliphatic heterocycles. The zero-order valence-electron chi connectivity index (χ0n) is 14.7. The van der Waals surface area contributed by atoms with Crippen LogP contribution in [0.2, 0.25) is 0 Å². The van der Waals surface area contributed by atoms with Gasteiger partial charge in [-0.1, -0.05) is 23.4 Å². The molecule has 9 heteroatoms. The van der Waals surface area contributed by atoms with Gasteiger partial charge in [0.25, 0.3) is 15.9 Å². The van der Waals surface area contributed by atoms with Crippen molar-refractivity contribution in [2.45, 2.75) is 4.90 Å². The number of aromatic nitrogens is 2. The highest BCUT2D eigenvalue weighted by molar-refractivity contribution is 7.92. The second-order valence-corrected chi connectivity index (χ2v) is 7.76. The molecule has 0 aliphatic carbocycles. The smallest absolute Gasteiger partial charge is 0.261 e. The average molecular weight is 413 g/mol. The van der Waals surface area contributed by atoms with Gasteiger partial charge in [0.1, 0.15) is 11.6 Å². The SMILES string of the molecule is O=S(=O)(Nc1cccc(-c2noc(-c3cccc(F)c3)n2)c1)c1ccc(F)cc1. The van der Waals surface area contributed by atoms with Crippen LogP contribution in [0.25, 0.3) is 22.8 Å². The summed E-state index contributed by atoms with van der Waals surface area (Å²) in [5.41, 5.74) is 1.19. The second kappa shape index (κ2) is 7.44. The van der Waals surface area contributed by atoms with Gasteiger partial charge in [-0.3, -0.25) is 4.72 Å². The Morgan fingerprint density at radius 1 is 0.828 bits per heavy atom. The lowest BCUT2D eigenvalue weighted by molar-refractivity contribution is 0.432. The molecule has 3 aromatic carbocycles. The molecule has 1 N–H and O–H groups in total. The van der Waals surface area contributed by atoms with Gasteiger partial charge in [0.15, 0.2) is 0 Å². The molecule has 6 nitrogen and oxygen atoms in total. The Hall–Kier alpha value is -3.59. The van der Waals surface area contributed by atoms with E-state index in [1.54, 1.807) is 24.3 Å². The summed E-state index contributed by atoms with van der Waals surface area (Å²) in [4.78, 5) is 4.16. The molecule has 0 atom stereocenters. The summed E-state index contributed by atoms with van der Waals surface area (Å²) < 4.78 is 58.9. The molecule has 4 aromatic rings. The fraction of sp³-hybridized carbons (Fsp3) is 0. The summed E-state index contributed by atoms with van der Waals surface area (Å²) >= 11 is 0. The number of nitrogens with one attached hydrogen (secondary N) is 1. The van der Waals surface area contributed by atoms with Crippen molar-refractivity contribution >= 4 is 15.7 Å². The van der Waals surface area contributed by atoms with Crippen molar-refractivity contribution in [2.24, 2.45) is 0 Å². The average Bonchev–Trinajstić information content (AvgIpc) is 3.19. The van der Waals surface area contributed by atoms with Gasteiger partial charge in [0.2, 0.25) is 5.82 Å². The monoisotopic (exact) mass is 413 g/mol. The minimum absolute atomic E-state index is 0.0720. The van der Waals surface area contributed by atoms with Gasteiger partial charge >= 0.3 is 0 Å². The number of sulfonamides is 1. The number of rotatable bonds is 5. The van der Waals surface area contributed by atoms with Gasteiger partial charge in [-0.25, -0.2) is 17.2 Å². The highest BCUT2D eigenvalue weighted by Crippen LogP contribution is 2.25. The first-order valence-corrected chi connectivity index (χ1v) is 9.87. The molecular formula is C20H13F2N3O3S. The minimum Gasteiger partial charge on any atom is -0.334 e. The molecule has 1 heterocycles. The van der Waals surface area contributed by atoms with Crippen molar-refractivity contribution in [3.05, 3.63) is 84.4 Å². The predicted octanol–water partition coefficient (Wildman–Crippen LogP) is 4.48. The number of benzene rings is 3. The molecule has 0 amide bonds. The van der Waals surface area contributed by atoms with Crippen molar-refractivity contribution in [3.63, 3.8) is 0 Å². The number of halogens is 2. The predicted molar refractivity (Wildman–Crippen MR) is 102 cm³/mol. The van der Waals surface area contributed by atoms with E-state index >= 15 is 0 Å². The Morgan fingerprint density at radius 2 is 1.55 bits per heavy atom. The molecule has 0 fully saturated rings. The highest BCUT2D eigenvalue weighted by Gasteiger charge is 2.16. The van der Waals surface area contributed by atoms with Crippen LogP contribution in [-0.4, -0.2) is 18.6 Å². The minimum atomic E-state index is -3.89. The van der Waals surface area contributed by atoms with Gasteiger partial charge in [-0.15, -0.1) is 0 Å². The Balaban J connectivity index is 1.60. The summed E-state index contributed by atoms with van der Waals surface area (Å²) in [6.45, 7) is 0. The van der Waals surface area contributed by atoms with Gasteiger partial charge in [-0.2, -0.15) is 4.98 Å². The lowest BCUT2D eigenvalue weighted by Gasteiger charge is -2.08. The van der Waals surface area contributed by atoms with E-state index in [1.165, 1.54) is 36.4 Å². The quantitative estimate of drug-likeness (QED) is 0.521. The Labute approximate surface area is 164 Å². The van der Waals surface area contributed by atoms with E-state index < -0.39 is 21.7 Å². The molecule has 0 radical (unpaired) electrons. The standard InChI is InChI=1S/C20H13F2N3O3S/c21-15-7-9-18(10-8-15)29(26,27)25-17-6-2-3-13(12-17)19-23-20(28-24-19)14-4-1-5-16(22)11-14/h1-12,25H. The first kappa shape index (κ1) is 18.8. The third kappa shape index (κ3) is 4.14. The number of hydrogen-bond acceptors (Lipinski definition) is 5. The van der Waals surface area contributed by atoms with Gasteiger partial charge < -0.3 is 4.52 Å². The molecular weight excluding hydrogens is 400 g/mol. The molecule has 0 unspecified atom stereocenters. The summed E-state index contributed by atoms with van der Waals surface area (Å²) in [5.74, 6) is -0.611. The maximum absolute atomic E-state index is 13.4. The molecule has 146 valence electrons. The van der Waals surface area contributed by atoms with E-state index in [0.717, 1.165) is 12.1 Å². The zero-order chi connectivity index (χ0) is 20.4. The first-order chi connectivity index (χ1) is 13.9. The van der Waals surface area contributed by atoms with E-state index in [-0.39, 0.29) is 22.3 Å². The number of hydrogen-bond donors (Lipinski definition) is 1. The van der Waals surface area contributed by atoms with Crippen molar-refractivity contribution in [3.8, 4) is 22.8 Å². The van der Waals surface area contributed by atoms with E-state index in [9.17, 15) is 17.2 Å². The van der Waals surface area contributed by atoms with Gasteiger partial charge in [0.05, 0.1) is 4.90 Å². The molecule has 0 spiro atoms. The van der Waals surface area contributed by atoms with Crippen LogP contribution in [0.4, 0.5) is 14.5 Å². The van der Waals surface area contributed by atoms with Crippen LogP contribution in [0.5, 0.6) is 0 Å². The van der Waals surface area contributed by atoms with Crippen LogP contribution in [0, 0.1) is 11.6 Å². The van der Waals surface area contributed by atoms with Crippen LogP contribution < -0.4 is 4.72 Å². The molecule has 0 aliphatic rings. The molecule has 4 rings (SSSR count). The lowest BCUT2D eigenvalue weighted by atomic mass is 10.2. The van der Waals surface area contributed by atoms with Crippen LogP contribution in [0.1, 0.15) is 0 Å². The highest BCUT2D eigenvalue weighted by atomic mass is 32.2. The molecule has 29 heavy (non-hydrogen) atoms. The first-order valence-electron chi connectivity index (χ1n) is 8.39. The van der Waals surface area contributed by atoms with E-state index in [1.807, 2.05) is 0 Å². The number of anilines is 1. The summed E-state index contributed by atoms with van der Waals surface area (Å²) in [7, 11) is -3.89. The van der Waals surface area contributed by atoms with Crippen molar-refractivity contribution in [1.82, 2.24) is 10.1 Å². The Kier molecular flexibility index (Phi) is 4.81. The largest absolute Gasteiger partial charge is 0.334 e. The van der Waals surface area contributed by atoms with Gasteiger partial charge in [-0.05, 0) is 54.6 Å². The van der Waals surface area contributed by atoms with Gasteiger partial charge in [0, 0.05) is 16.8 Å². The van der Waals surface area contributed by atoms with E-state index in [4.69, 9.17) is 4.52 Å². The fourth-order valence-electron chi connectivity index (χ4n) is 2.63. The van der Waals surface area contributed by atoms with E-state index in [0.29, 0.717) is 11.1 Å². The molecule has 0 saturated carbocycles. The molecule has 0 saturated heterocycles. The second-order valence-electron chi connectivity index (χ2n) is 6.07. The zero-order valence-corrected chi connectivity index (χ0v) is 15.5. The summed E-state index contributed by atoms with van der Waals surface area (Å²) in [6, 6.07) is 16.6. The maximum atomic E-state index is 13.4. The summed E-state index contributed by atoms with van der Waals surface area (Å²) in [5, 5.41) is 3.87. The van der Waals surface area contributed by atoms with Crippen molar-refractivity contribution in [2.75, 3.05) is 4.72 Å². The third-order valence-corrected chi connectivity index (χ3v) is 5.39. The molecule has 1 aromatic heterocycles. The van der Waals surface area contributed by atoms with Crippen molar-refractivity contribution in [1.29, 1.82) is 0 Å². The van der Waals surface area contributed by atoms with Crippen LogP contribution in [-0.2, 0) is 10.0 Å². The van der Waals surface area contributed by atoms with Crippen LogP contribution in [0.3, 0.4) is 0 Å². The van der Waals surface area contributed by atoms with Crippen molar-refractivity contribution < 1.29 is 21.7 Å². The Bertz CT molecular complexity index is 1270. The van der Waals surface area contributed by atoms with E-state index in [2.05, 4.69) is 14.9 Å². The maximum Gasteiger partial charge on any atom is 0.261 e. The third-order valence-electron chi connectivity index (χ3n) is 3.99. The van der Waals surface area contributed by atoms with Crippen LogP contribution in [0.15, 0.2) is 82.2 Å². The fourth-order valence-corrected chi connectivity index (χ4v) is 3.68. The topological polar surface area (TPSA) is 85.1 Å². The number of nitrogens with zero attached hydrogens (tertiary/aromatic N) is 2. The lowest BCUT2D eigenvalue weighted by Crippen LogP contribution is -2.12. The molecule has 0 bridgehead atoms.